The molecule has 2 amide bonds. The van der Waals surface area contributed by atoms with Gasteiger partial charge in [0.2, 0.25) is 5.91 Å². The Kier molecular flexibility index (Phi) is 8.59. The number of benzene rings is 2. The number of ether oxygens (including phenoxy) is 1. The smallest absolute Gasteiger partial charge is 0.411 e. The number of tetrazole rings is 1. The Labute approximate surface area is 241 Å². The van der Waals surface area contributed by atoms with Crippen molar-refractivity contribution in [3.05, 3.63) is 71.4 Å². The van der Waals surface area contributed by atoms with Gasteiger partial charge in [0.15, 0.2) is 0 Å². The Bertz CT molecular complexity index is 1550. The predicted octanol–water partition coefficient (Wildman–Crippen LogP) is 5.13. The van der Waals surface area contributed by atoms with Crippen LogP contribution in [0, 0.1) is 0 Å². The number of nitrogens with one attached hydrogen (secondary N) is 4. The monoisotopic (exact) mass is 575 g/mol. The van der Waals surface area contributed by atoms with Crippen LogP contribution in [0.25, 0.3) is 23.0 Å². The lowest BCUT2D eigenvalue weighted by Gasteiger charge is -2.21. The second-order valence-electron chi connectivity index (χ2n) is 9.74. The first kappa shape index (κ1) is 27.8. The molecule has 0 saturated carbocycles. The quantitative estimate of drug-likeness (QED) is 0.239. The molecule has 1 aliphatic rings. The standard InChI is InChI=1S/C28H30ClN9O3/c1-17-5-3-4-6-22(34-26(39)12-7-18-13-19(29)8-11-25(18)38-16-31-36-37-38)27-30-15-24(35-27)21-10-9-20(14-23(21)32-17)33-28(40)41-2/h7-17,22,32H,3-6H2,1-2H3,(H,30,35)(H,33,40)(H,34,39)/b12-7+/t17-,22-/m0/s1. The van der Waals surface area contributed by atoms with E-state index in [-0.39, 0.29) is 18.0 Å². The van der Waals surface area contributed by atoms with E-state index in [4.69, 9.17) is 16.3 Å². The van der Waals surface area contributed by atoms with Crippen LogP contribution in [0.15, 0.2) is 55.0 Å². The van der Waals surface area contributed by atoms with Crippen LogP contribution in [0.4, 0.5) is 16.2 Å². The predicted molar refractivity (Wildman–Crippen MR) is 156 cm³/mol. The zero-order valence-electron chi connectivity index (χ0n) is 22.6. The van der Waals surface area contributed by atoms with E-state index in [1.54, 1.807) is 36.5 Å². The van der Waals surface area contributed by atoms with Crippen molar-refractivity contribution in [2.75, 3.05) is 17.7 Å². The minimum Gasteiger partial charge on any atom is -0.453 e. The number of imidazole rings is 1. The van der Waals surface area contributed by atoms with Gasteiger partial charge in [-0.2, -0.15) is 4.68 Å². The van der Waals surface area contributed by atoms with E-state index in [0.29, 0.717) is 27.8 Å². The first-order valence-electron chi connectivity index (χ1n) is 13.2. The number of aromatic amines is 1. The van der Waals surface area contributed by atoms with Gasteiger partial charge in [0, 0.05) is 39.6 Å². The highest BCUT2D eigenvalue weighted by Gasteiger charge is 2.20. The molecule has 0 fully saturated rings. The Morgan fingerprint density at radius 3 is 2.83 bits per heavy atom. The zero-order valence-corrected chi connectivity index (χ0v) is 23.4. The number of hydrogen-bond acceptors (Lipinski definition) is 8. The third-order valence-corrected chi connectivity index (χ3v) is 7.00. The SMILES string of the molecule is COC(=O)Nc1ccc2c(c1)N[C@@H](C)CCCC[C@H](NC(=O)/C=C/c1cc(Cl)ccc1-n1cnnn1)c1ncc-2[nH]1. The number of amides is 2. The first-order chi connectivity index (χ1) is 19.9. The van der Waals surface area contributed by atoms with Gasteiger partial charge in [-0.3, -0.25) is 10.1 Å². The molecule has 0 saturated heterocycles. The number of H-pyrrole nitrogens is 1. The van der Waals surface area contributed by atoms with E-state index in [1.807, 2.05) is 12.1 Å². The first-order valence-corrected chi connectivity index (χ1v) is 13.6. The zero-order chi connectivity index (χ0) is 28.8. The van der Waals surface area contributed by atoms with Crippen molar-refractivity contribution in [3.8, 4) is 16.9 Å². The molecule has 4 aromatic rings. The van der Waals surface area contributed by atoms with E-state index >= 15 is 0 Å². The van der Waals surface area contributed by atoms with Gasteiger partial charge in [0.1, 0.15) is 12.2 Å². The molecule has 2 bridgehead atoms. The molecule has 2 atom stereocenters. The lowest BCUT2D eigenvalue weighted by Crippen LogP contribution is -2.28. The summed E-state index contributed by atoms with van der Waals surface area (Å²) >= 11 is 6.21. The summed E-state index contributed by atoms with van der Waals surface area (Å²) in [5.74, 6) is 0.395. The summed E-state index contributed by atoms with van der Waals surface area (Å²) in [6, 6.07) is 10.7. The van der Waals surface area contributed by atoms with Crippen molar-refractivity contribution >= 4 is 41.1 Å². The number of aromatic nitrogens is 6. The molecule has 4 N–H and O–H groups in total. The summed E-state index contributed by atoms with van der Waals surface area (Å²) in [5, 5.41) is 21.2. The summed E-state index contributed by atoms with van der Waals surface area (Å²) in [5.41, 5.74) is 4.54. The van der Waals surface area contributed by atoms with Gasteiger partial charge in [-0.1, -0.05) is 24.4 Å². The highest BCUT2D eigenvalue weighted by atomic mass is 35.5. The van der Waals surface area contributed by atoms with Gasteiger partial charge in [0.25, 0.3) is 0 Å². The molecule has 0 spiro atoms. The number of nitrogens with zero attached hydrogens (tertiary/aromatic N) is 5. The van der Waals surface area contributed by atoms with Crippen molar-refractivity contribution in [1.29, 1.82) is 0 Å². The van der Waals surface area contributed by atoms with E-state index in [1.165, 1.54) is 24.2 Å². The lowest BCUT2D eigenvalue weighted by molar-refractivity contribution is -0.117. The number of carbonyl (C=O) groups is 2. The van der Waals surface area contributed by atoms with Crippen LogP contribution in [-0.2, 0) is 9.53 Å². The van der Waals surface area contributed by atoms with Crippen LogP contribution in [0.3, 0.4) is 0 Å². The molecule has 5 rings (SSSR count). The molecular weight excluding hydrogens is 546 g/mol. The fraction of sp³-hybridized carbons (Fsp3) is 0.286. The Hall–Kier alpha value is -4.71. The summed E-state index contributed by atoms with van der Waals surface area (Å²) < 4.78 is 6.23. The largest absolute Gasteiger partial charge is 0.453 e. The van der Waals surface area contributed by atoms with Crippen LogP contribution in [0.2, 0.25) is 5.02 Å². The number of carbonyl (C=O) groups excluding carboxylic acids is 2. The molecule has 0 aliphatic carbocycles. The number of anilines is 2. The highest BCUT2D eigenvalue weighted by molar-refractivity contribution is 6.30. The summed E-state index contributed by atoms with van der Waals surface area (Å²) in [6.45, 7) is 2.12. The van der Waals surface area contributed by atoms with Crippen molar-refractivity contribution in [3.63, 3.8) is 0 Å². The molecule has 3 heterocycles. The van der Waals surface area contributed by atoms with Gasteiger partial charge in [-0.05, 0) is 72.7 Å². The summed E-state index contributed by atoms with van der Waals surface area (Å²) in [7, 11) is 1.33. The maximum Gasteiger partial charge on any atom is 0.411 e. The lowest BCUT2D eigenvalue weighted by atomic mass is 10.0. The number of halogens is 1. The van der Waals surface area contributed by atoms with E-state index in [2.05, 4.69) is 48.4 Å². The number of fused-ring (bicyclic) bond motifs is 4. The van der Waals surface area contributed by atoms with Gasteiger partial charge < -0.3 is 20.4 Å². The summed E-state index contributed by atoms with van der Waals surface area (Å²) in [6.07, 6.45) is 9.35. The van der Waals surface area contributed by atoms with Crippen LogP contribution < -0.4 is 16.0 Å². The molecule has 12 nitrogen and oxygen atoms in total. The Morgan fingerprint density at radius 2 is 2.02 bits per heavy atom. The Morgan fingerprint density at radius 1 is 1.17 bits per heavy atom. The molecule has 0 radical (unpaired) electrons. The number of rotatable bonds is 5. The number of methoxy groups -OCH3 is 1. The fourth-order valence-corrected chi connectivity index (χ4v) is 4.91. The molecular formula is C28H30ClN9O3. The van der Waals surface area contributed by atoms with Crippen LogP contribution in [-0.4, -0.2) is 55.3 Å². The van der Waals surface area contributed by atoms with Crippen LogP contribution >= 0.6 is 11.6 Å². The normalized spacial score (nSPS) is 17.0. The molecule has 1 aliphatic heterocycles. The molecule has 2 aromatic carbocycles. The maximum atomic E-state index is 13.1. The second kappa shape index (κ2) is 12.6. The fourth-order valence-electron chi connectivity index (χ4n) is 4.73. The average molecular weight is 576 g/mol. The Balaban J connectivity index is 1.38. The third kappa shape index (κ3) is 6.90. The summed E-state index contributed by atoms with van der Waals surface area (Å²) in [4.78, 5) is 32.8. The van der Waals surface area contributed by atoms with Crippen molar-refractivity contribution in [2.45, 2.75) is 44.7 Å². The van der Waals surface area contributed by atoms with Gasteiger partial charge in [-0.15, -0.1) is 5.10 Å². The molecule has 41 heavy (non-hydrogen) atoms. The van der Waals surface area contributed by atoms with Crippen molar-refractivity contribution < 1.29 is 14.3 Å². The van der Waals surface area contributed by atoms with E-state index in [0.717, 1.165) is 42.6 Å². The van der Waals surface area contributed by atoms with Crippen molar-refractivity contribution in [2.24, 2.45) is 0 Å². The molecule has 212 valence electrons. The topological polar surface area (TPSA) is 152 Å². The number of hydrogen-bond donors (Lipinski definition) is 4. The van der Waals surface area contributed by atoms with E-state index in [9.17, 15) is 9.59 Å². The van der Waals surface area contributed by atoms with Crippen LogP contribution in [0.5, 0.6) is 0 Å². The second-order valence-corrected chi connectivity index (χ2v) is 10.2. The minimum atomic E-state index is -0.537. The highest BCUT2D eigenvalue weighted by Crippen LogP contribution is 2.33. The minimum absolute atomic E-state index is 0.187. The molecule has 2 aromatic heterocycles. The van der Waals surface area contributed by atoms with Crippen molar-refractivity contribution in [1.82, 2.24) is 35.5 Å². The average Bonchev–Trinajstić information content (AvgIpc) is 3.66. The van der Waals surface area contributed by atoms with Gasteiger partial charge >= 0.3 is 6.09 Å². The third-order valence-electron chi connectivity index (χ3n) is 6.77. The maximum absolute atomic E-state index is 13.1. The van der Waals surface area contributed by atoms with E-state index < -0.39 is 6.09 Å². The molecule has 13 heteroatoms. The molecule has 0 unspecified atom stereocenters. The van der Waals surface area contributed by atoms with Crippen LogP contribution in [0.1, 0.15) is 50.0 Å². The van der Waals surface area contributed by atoms with Gasteiger partial charge in [-0.25, -0.2) is 9.78 Å². The van der Waals surface area contributed by atoms with Gasteiger partial charge in [0.05, 0.1) is 30.7 Å².